The number of aliphatic hydroxyl groups is 1. The zero-order valence-corrected chi connectivity index (χ0v) is 10.7. The monoisotopic (exact) mass is 201 g/mol. The standard InChI is InChI=1S/C12H27NO/c1-7-13(10(2)3)9-8-11(14)12(4,5)6/h10-11,14H,7-9H2,1-6H3. The fourth-order valence-electron chi connectivity index (χ4n) is 1.50. The van der Waals surface area contributed by atoms with Gasteiger partial charge in [0, 0.05) is 12.6 Å². The quantitative estimate of drug-likeness (QED) is 0.739. The summed E-state index contributed by atoms with van der Waals surface area (Å²) in [7, 11) is 0. The lowest BCUT2D eigenvalue weighted by atomic mass is 9.87. The Bertz CT molecular complexity index is 147. The Morgan fingerprint density at radius 2 is 1.71 bits per heavy atom. The number of rotatable bonds is 5. The van der Waals surface area contributed by atoms with Crippen LogP contribution in [-0.4, -0.2) is 35.2 Å². The highest BCUT2D eigenvalue weighted by molar-refractivity contribution is 4.74. The fourth-order valence-corrected chi connectivity index (χ4v) is 1.50. The first-order valence-corrected chi connectivity index (χ1v) is 5.71. The molecule has 0 rings (SSSR count). The Balaban J connectivity index is 3.92. The Kier molecular flexibility index (Phi) is 5.68. The minimum absolute atomic E-state index is 0.0103. The van der Waals surface area contributed by atoms with E-state index in [1.165, 1.54) is 0 Å². The number of hydrogen-bond acceptors (Lipinski definition) is 2. The molecule has 0 radical (unpaired) electrons. The fraction of sp³-hybridized carbons (Fsp3) is 1.00. The van der Waals surface area contributed by atoms with Crippen LogP contribution in [0.2, 0.25) is 0 Å². The molecule has 2 nitrogen and oxygen atoms in total. The molecule has 1 N–H and O–H groups in total. The van der Waals surface area contributed by atoms with E-state index in [2.05, 4.69) is 46.4 Å². The highest BCUT2D eigenvalue weighted by Crippen LogP contribution is 2.21. The summed E-state index contributed by atoms with van der Waals surface area (Å²) in [4.78, 5) is 2.38. The summed E-state index contributed by atoms with van der Waals surface area (Å²) >= 11 is 0. The van der Waals surface area contributed by atoms with Crippen molar-refractivity contribution in [2.45, 2.75) is 60.1 Å². The molecule has 0 fully saturated rings. The minimum atomic E-state index is -0.199. The van der Waals surface area contributed by atoms with Gasteiger partial charge in [-0.15, -0.1) is 0 Å². The van der Waals surface area contributed by atoms with Crippen LogP contribution in [0.4, 0.5) is 0 Å². The van der Waals surface area contributed by atoms with E-state index in [1.807, 2.05) is 0 Å². The van der Waals surface area contributed by atoms with Crippen LogP contribution in [0.5, 0.6) is 0 Å². The van der Waals surface area contributed by atoms with E-state index < -0.39 is 0 Å². The Labute approximate surface area is 89.3 Å². The van der Waals surface area contributed by atoms with E-state index in [0.717, 1.165) is 19.5 Å². The second kappa shape index (κ2) is 5.72. The molecule has 0 bridgehead atoms. The molecule has 2 heteroatoms. The normalized spacial score (nSPS) is 15.2. The predicted molar refractivity (Wildman–Crippen MR) is 62.5 cm³/mol. The van der Waals surface area contributed by atoms with Gasteiger partial charge in [0.2, 0.25) is 0 Å². The summed E-state index contributed by atoms with van der Waals surface area (Å²) in [5, 5.41) is 9.89. The molecule has 0 saturated heterocycles. The summed E-state index contributed by atoms with van der Waals surface area (Å²) < 4.78 is 0. The van der Waals surface area contributed by atoms with Gasteiger partial charge in [0.05, 0.1) is 6.10 Å². The van der Waals surface area contributed by atoms with Crippen molar-refractivity contribution in [3.63, 3.8) is 0 Å². The van der Waals surface area contributed by atoms with Gasteiger partial charge in [0.25, 0.3) is 0 Å². The Morgan fingerprint density at radius 3 is 2.00 bits per heavy atom. The lowest BCUT2D eigenvalue weighted by Gasteiger charge is -2.30. The van der Waals surface area contributed by atoms with Gasteiger partial charge < -0.3 is 10.0 Å². The van der Waals surface area contributed by atoms with Gasteiger partial charge >= 0.3 is 0 Å². The average molecular weight is 201 g/mol. The van der Waals surface area contributed by atoms with E-state index in [0.29, 0.717) is 6.04 Å². The van der Waals surface area contributed by atoms with Gasteiger partial charge in [-0.25, -0.2) is 0 Å². The van der Waals surface area contributed by atoms with Crippen LogP contribution in [0.15, 0.2) is 0 Å². The number of aliphatic hydroxyl groups excluding tert-OH is 1. The van der Waals surface area contributed by atoms with Crippen LogP contribution < -0.4 is 0 Å². The smallest absolute Gasteiger partial charge is 0.0600 e. The van der Waals surface area contributed by atoms with Gasteiger partial charge in [0.1, 0.15) is 0 Å². The van der Waals surface area contributed by atoms with E-state index in [9.17, 15) is 5.11 Å². The van der Waals surface area contributed by atoms with Crippen LogP contribution in [-0.2, 0) is 0 Å². The van der Waals surface area contributed by atoms with Crippen molar-refractivity contribution in [1.29, 1.82) is 0 Å². The minimum Gasteiger partial charge on any atom is -0.393 e. The molecule has 0 aliphatic carbocycles. The lowest BCUT2D eigenvalue weighted by Crippen LogP contribution is -2.36. The van der Waals surface area contributed by atoms with E-state index in [-0.39, 0.29) is 11.5 Å². The van der Waals surface area contributed by atoms with Crippen molar-refractivity contribution >= 4 is 0 Å². The zero-order chi connectivity index (χ0) is 11.4. The first kappa shape index (κ1) is 13.9. The van der Waals surface area contributed by atoms with Crippen molar-refractivity contribution in [3.05, 3.63) is 0 Å². The second-order valence-corrected chi connectivity index (χ2v) is 5.39. The summed E-state index contributed by atoms with van der Waals surface area (Å²) in [6, 6.07) is 0.576. The summed E-state index contributed by atoms with van der Waals surface area (Å²) in [5.41, 5.74) is 0.0103. The molecule has 0 aliphatic heterocycles. The lowest BCUT2D eigenvalue weighted by molar-refractivity contribution is 0.0430. The molecule has 0 aromatic heterocycles. The summed E-state index contributed by atoms with van der Waals surface area (Å²) in [6.07, 6.45) is 0.672. The predicted octanol–water partition coefficient (Wildman–Crippen LogP) is 2.51. The SMILES string of the molecule is CCN(CCC(O)C(C)(C)C)C(C)C. The van der Waals surface area contributed by atoms with E-state index in [4.69, 9.17) is 0 Å². The third-order valence-corrected chi connectivity index (χ3v) is 2.83. The molecular weight excluding hydrogens is 174 g/mol. The highest BCUT2D eigenvalue weighted by Gasteiger charge is 2.22. The summed E-state index contributed by atoms with van der Waals surface area (Å²) in [6.45, 7) is 14.9. The largest absolute Gasteiger partial charge is 0.393 e. The maximum atomic E-state index is 9.89. The topological polar surface area (TPSA) is 23.5 Å². The van der Waals surface area contributed by atoms with Crippen molar-refractivity contribution in [3.8, 4) is 0 Å². The Hall–Kier alpha value is -0.0800. The number of nitrogens with zero attached hydrogens (tertiary/aromatic N) is 1. The third kappa shape index (κ3) is 4.97. The van der Waals surface area contributed by atoms with Gasteiger partial charge in [-0.2, -0.15) is 0 Å². The van der Waals surface area contributed by atoms with Crippen LogP contribution in [0, 0.1) is 5.41 Å². The molecule has 0 amide bonds. The molecule has 0 heterocycles. The molecule has 1 atom stereocenters. The maximum Gasteiger partial charge on any atom is 0.0600 e. The molecule has 1 unspecified atom stereocenters. The van der Waals surface area contributed by atoms with Gasteiger partial charge in [-0.3, -0.25) is 0 Å². The maximum absolute atomic E-state index is 9.89. The van der Waals surface area contributed by atoms with Crippen LogP contribution in [0.3, 0.4) is 0 Å². The van der Waals surface area contributed by atoms with E-state index >= 15 is 0 Å². The van der Waals surface area contributed by atoms with Crippen LogP contribution in [0.25, 0.3) is 0 Å². The zero-order valence-electron chi connectivity index (χ0n) is 10.7. The molecule has 0 aromatic rings. The highest BCUT2D eigenvalue weighted by atomic mass is 16.3. The molecule has 86 valence electrons. The van der Waals surface area contributed by atoms with Crippen LogP contribution >= 0.6 is 0 Å². The third-order valence-electron chi connectivity index (χ3n) is 2.83. The molecule has 14 heavy (non-hydrogen) atoms. The van der Waals surface area contributed by atoms with Crippen molar-refractivity contribution in [2.75, 3.05) is 13.1 Å². The van der Waals surface area contributed by atoms with Gasteiger partial charge in [-0.05, 0) is 32.2 Å². The molecular formula is C12H27NO. The molecule has 0 spiro atoms. The van der Waals surface area contributed by atoms with Crippen LogP contribution in [0.1, 0.15) is 48.0 Å². The van der Waals surface area contributed by atoms with Crippen molar-refractivity contribution in [1.82, 2.24) is 4.90 Å². The Morgan fingerprint density at radius 1 is 1.21 bits per heavy atom. The first-order chi connectivity index (χ1) is 6.29. The van der Waals surface area contributed by atoms with Gasteiger partial charge in [-0.1, -0.05) is 27.7 Å². The van der Waals surface area contributed by atoms with Gasteiger partial charge in [0.15, 0.2) is 0 Å². The number of hydrogen-bond donors (Lipinski definition) is 1. The first-order valence-electron chi connectivity index (χ1n) is 5.71. The van der Waals surface area contributed by atoms with E-state index in [1.54, 1.807) is 0 Å². The average Bonchev–Trinajstić information content (AvgIpc) is 2.02. The van der Waals surface area contributed by atoms with Crippen molar-refractivity contribution in [2.24, 2.45) is 5.41 Å². The summed E-state index contributed by atoms with van der Waals surface area (Å²) in [5.74, 6) is 0. The molecule has 0 saturated carbocycles. The molecule has 0 aliphatic rings. The molecule has 0 aromatic carbocycles. The second-order valence-electron chi connectivity index (χ2n) is 5.39. The van der Waals surface area contributed by atoms with Crippen molar-refractivity contribution < 1.29 is 5.11 Å².